The van der Waals surface area contributed by atoms with Gasteiger partial charge in [0.25, 0.3) is 5.91 Å². The molecule has 1 saturated heterocycles. The van der Waals surface area contributed by atoms with Crippen molar-refractivity contribution >= 4 is 5.91 Å². The van der Waals surface area contributed by atoms with E-state index in [1.807, 2.05) is 47.4 Å². The number of hydrogen-bond acceptors (Lipinski definition) is 4. The van der Waals surface area contributed by atoms with Crippen molar-refractivity contribution in [2.75, 3.05) is 20.8 Å². The normalized spacial score (nSPS) is 16.7. The number of carbonyl (C=O) groups is 1. The molecular weight excluding hydrogens is 378 g/mol. The van der Waals surface area contributed by atoms with E-state index in [1.54, 1.807) is 14.2 Å². The van der Waals surface area contributed by atoms with E-state index in [-0.39, 0.29) is 11.9 Å². The summed E-state index contributed by atoms with van der Waals surface area (Å²) in [6, 6.07) is 17.6. The van der Waals surface area contributed by atoms with Gasteiger partial charge < -0.3 is 14.4 Å². The van der Waals surface area contributed by atoms with Gasteiger partial charge in [0.05, 0.1) is 26.0 Å². The molecule has 6 nitrogen and oxygen atoms in total. The average Bonchev–Trinajstić information content (AvgIpc) is 3.17. The van der Waals surface area contributed by atoms with Crippen LogP contribution in [0.25, 0.3) is 11.3 Å². The first-order valence-electron chi connectivity index (χ1n) is 10.3. The fourth-order valence-corrected chi connectivity index (χ4v) is 4.02. The van der Waals surface area contributed by atoms with Crippen LogP contribution in [0.15, 0.2) is 54.6 Å². The molecule has 4 rings (SSSR count). The quantitative estimate of drug-likeness (QED) is 0.659. The summed E-state index contributed by atoms with van der Waals surface area (Å²) >= 11 is 0. The summed E-state index contributed by atoms with van der Waals surface area (Å²) in [4.78, 5) is 15.4. The van der Waals surface area contributed by atoms with Crippen LogP contribution < -0.4 is 9.47 Å². The van der Waals surface area contributed by atoms with E-state index in [1.165, 1.54) is 0 Å². The van der Waals surface area contributed by atoms with Crippen LogP contribution in [0.3, 0.4) is 0 Å². The molecule has 1 atom stereocenters. The van der Waals surface area contributed by atoms with Gasteiger partial charge in [-0.15, -0.1) is 0 Å². The molecule has 1 N–H and O–H groups in total. The number of nitrogens with one attached hydrogen (secondary N) is 1. The van der Waals surface area contributed by atoms with Crippen molar-refractivity contribution in [2.24, 2.45) is 0 Å². The topological polar surface area (TPSA) is 67.4 Å². The second-order valence-electron chi connectivity index (χ2n) is 7.53. The lowest BCUT2D eigenvalue weighted by molar-refractivity contribution is 0.0674. The summed E-state index contributed by atoms with van der Waals surface area (Å²) in [6.07, 6.45) is 4.21. The molecule has 0 spiro atoms. The van der Waals surface area contributed by atoms with E-state index < -0.39 is 0 Å². The van der Waals surface area contributed by atoms with E-state index >= 15 is 0 Å². The van der Waals surface area contributed by atoms with Gasteiger partial charge in [-0.1, -0.05) is 25.0 Å². The third kappa shape index (κ3) is 4.17. The maximum atomic E-state index is 13.4. The van der Waals surface area contributed by atoms with Crippen molar-refractivity contribution in [3.63, 3.8) is 0 Å². The highest BCUT2D eigenvalue weighted by Crippen LogP contribution is 2.32. The smallest absolute Gasteiger partial charge is 0.272 e. The van der Waals surface area contributed by atoms with Crippen LogP contribution in [0.4, 0.5) is 0 Å². The van der Waals surface area contributed by atoms with Crippen LogP contribution in [-0.2, 0) is 0 Å². The molecule has 30 heavy (non-hydrogen) atoms. The Balaban J connectivity index is 1.58. The van der Waals surface area contributed by atoms with Gasteiger partial charge in [-0.05, 0) is 60.9 Å². The van der Waals surface area contributed by atoms with E-state index in [9.17, 15) is 4.79 Å². The van der Waals surface area contributed by atoms with Crippen molar-refractivity contribution in [1.29, 1.82) is 0 Å². The molecule has 1 aliphatic rings. The van der Waals surface area contributed by atoms with E-state index in [4.69, 9.17) is 9.47 Å². The van der Waals surface area contributed by atoms with Crippen molar-refractivity contribution in [3.8, 4) is 22.8 Å². The SMILES string of the molecule is COc1ccc(-c2cc(C(=O)N3CCCCC[C@H]3c3ccc(OC)cc3)[nH]n2)cc1. The number of aromatic nitrogens is 2. The van der Waals surface area contributed by atoms with Crippen LogP contribution in [0.5, 0.6) is 11.5 Å². The summed E-state index contributed by atoms with van der Waals surface area (Å²) in [5, 5.41) is 7.32. The maximum absolute atomic E-state index is 13.4. The third-order valence-corrected chi connectivity index (χ3v) is 5.71. The number of ether oxygens (including phenoxy) is 2. The van der Waals surface area contributed by atoms with E-state index in [2.05, 4.69) is 22.3 Å². The zero-order chi connectivity index (χ0) is 20.9. The molecule has 156 valence electrons. The zero-order valence-corrected chi connectivity index (χ0v) is 17.4. The molecule has 0 saturated carbocycles. The maximum Gasteiger partial charge on any atom is 0.272 e. The molecule has 1 aliphatic heterocycles. The summed E-state index contributed by atoms with van der Waals surface area (Å²) in [6.45, 7) is 0.742. The number of methoxy groups -OCH3 is 2. The highest BCUT2D eigenvalue weighted by atomic mass is 16.5. The average molecular weight is 405 g/mol. The Kier molecular flexibility index (Phi) is 6.02. The van der Waals surface area contributed by atoms with Crippen LogP contribution in [0.1, 0.15) is 47.8 Å². The molecule has 0 unspecified atom stereocenters. The minimum atomic E-state index is -0.00928. The number of carbonyl (C=O) groups excluding carboxylic acids is 1. The molecule has 0 bridgehead atoms. The number of benzene rings is 2. The first kappa shape index (κ1) is 20.0. The zero-order valence-electron chi connectivity index (χ0n) is 17.4. The number of likely N-dealkylation sites (tertiary alicyclic amines) is 1. The fourth-order valence-electron chi connectivity index (χ4n) is 4.02. The first-order valence-corrected chi connectivity index (χ1v) is 10.3. The lowest BCUT2D eigenvalue weighted by atomic mass is 10.0. The van der Waals surface area contributed by atoms with Gasteiger partial charge in [0.1, 0.15) is 17.2 Å². The summed E-state index contributed by atoms with van der Waals surface area (Å²) in [5.41, 5.74) is 3.34. The van der Waals surface area contributed by atoms with Crippen LogP contribution in [0.2, 0.25) is 0 Å². The number of amides is 1. The molecule has 6 heteroatoms. The Morgan fingerprint density at radius 1 is 0.967 bits per heavy atom. The van der Waals surface area contributed by atoms with E-state index in [0.29, 0.717) is 5.69 Å². The molecule has 2 aromatic carbocycles. The molecule has 1 amide bonds. The number of rotatable bonds is 5. The standard InChI is InChI=1S/C24H27N3O3/c1-29-19-11-7-17(8-12-19)21-16-22(26-25-21)24(28)27-15-5-3-4-6-23(27)18-9-13-20(30-2)14-10-18/h7-14,16,23H,3-6,15H2,1-2H3,(H,25,26)/t23-/m0/s1. The predicted octanol–water partition coefficient (Wildman–Crippen LogP) is 4.85. The lowest BCUT2D eigenvalue weighted by Gasteiger charge is -2.30. The largest absolute Gasteiger partial charge is 0.497 e. The minimum absolute atomic E-state index is 0.00928. The van der Waals surface area contributed by atoms with Gasteiger partial charge in [0.15, 0.2) is 0 Å². The van der Waals surface area contributed by atoms with Gasteiger partial charge in [-0.2, -0.15) is 5.10 Å². The summed E-state index contributed by atoms with van der Waals surface area (Å²) in [7, 11) is 3.30. The molecule has 3 aromatic rings. The fraction of sp³-hybridized carbons (Fsp3) is 0.333. The first-order chi connectivity index (χ1) is 14.7. The number of H-pyrrole nitrogens is 1. The predicted molar refractivity (Wildman–Crippen MR) is 116 cm³/mol. The number of nitrogens with zero attached hydrogens (tertiary/aromatic N) is 2. The van der Waals surface area contributed by atoms with Crippen LogP contribution in [0, 0.1) is 0 Å². The van der Waals surface area contributed by atoms with Crippen molar-refractivity contribution in [1.82, 2.24) is 15.1 Å². The molecule has 0 radical (unpaired) electrons. The molecular formula is C24H27N3O3. The third-order valence-electron chi connectivity index (χ3n) is 5.71. The van der Waals surface area contributed by atoms with Crippen molar-refractivity contribution < 1.29 is 14.3 Å². The van der Waals surface area contributed by atoms with Gasteiger partial charge >= 0.3 is 0 Å². The van der Waals surface area contributed by atoms with Crippen LogP contribution in [-0.4, -0.2) is 41.8 Å². The highest BCUT2D eigenvalue weighted by molar-refractivity contribution is 5.93. The summed E-state index contributed by atoms with van der Waals surface area (Å²) in [5.74, 6) is 1.60. The number of hydrogen-bond donors (Lipinski definition) is 1. The van der Waals surface area contributed by atoms with Gasteiger partial charge in [0, 0.05) is 12.1 Å². The van der Waals surface area contributed by atoms with Crippen molar-refractivity contribution in [3.05, 3.63) is 65.9 Å². The lowest BCUT2D eigenvalue weighted by Crippen LogP contribution is -2.35. The second-order valence-corrected chi connectivity index (χ2v) is 7.53. The molecule has 2 heterocycles. The highest BCUT2D eigenvalue weighted by Gasteiger charge is 2.28. The van der Waals surface area contributed by atoms with E-state index in [0.717, 1.165) is 60.5 Å². The Hall–Kier alpha value is -3.28. The Labute approximate surface area is 176 Å². The van der Waals surface area contributed by atoms with Gasteiger partial charge in [-0.25, -0.2) is 0 Å². The Morgan fingerprint density at radius 3 is 2.30 bits per heavy atom. The van der Waals surface area contributed by atoms with Crippen molar-refractivity contribution in [2.45, 2.75) is 31.7 Å². The molecule has 1 aromatic heterocycles. The Bertz CT molecular complexity index is 980. The number of aromatic amines is 1. The monoisotopic (exact) mass is 405 g/mol. The van der Waals surface area contributed by atoms with Gasteiger partial charge in [0.2, 0.25) is 0 Å². The second kappa shape index (κ2) is 9.03. The molecule has 0 aliphatic carbocycles. The van der Waals surface area contributed by atoms with Gasteiger partial charge in [-0.3, -0.25) is 9.89 Å². The Morgan fingerprint density at radius 2 is 1.63 bits per heavy atom. The van der Waals surface area contributed by atoms with Crippen LogP contribution >= 0.6 is 0 Å². The summed E-state index contributed by atoms with van der Waals surface area (Å²) < 4.78 is 10.5. The minimum Gasteiger partial charge on any atom is -0.497 e. The molecule has 1 fully saturated rings.